The molecule has 0 aliphatic rings. The van der Waals surface area contributed by atoms with Crippen molar-refractivity contribution < 1.29 is 8.78 Å². The Balaban J connectivity index is 2.51. The summed E-state index contributed by atoms with van der Waals surface area (Å²) in [6.45, 7) is 4.51. The van der Waals surface area contributed by atoms with Crippen LogP contribution >= 0.6 is 27.3 Å². The summed E-state index contributed by atoms with van der Waals surface area (Å²) in [5.74, 6) is -1.04. The molecule has 0 fully saturated rings. The average molecular weight is 346 g/mol. The molecule has 1 unspecified atom stereocenters. The highest BCUT2D eigenvalue weighted by Crippen LogP contribution is 2.35. The fraction of sp³-hybridized carbons (Fsp3) is 0.286. The van der Waals surface area contributed by atoms with Gasteiger partial charge in [-0.05, 0) is 53.2 Å². The molecule has 0 amide bonds. The highest BCUT2D eigenvalue weighted by Gasteiger charge is 2.23. The van der Waals surface area contributed by atoms with Gasteiger partial charge in [-0.3, -0.25) is 0 Å². The largest absolute Gasteiger partial charge is 0.306 e. The summed E-state index contributed by atoms with van der Waals surface area (Å²) in [5.41, 5.74) is 1.15. The number of aryl methyl sites for hydroxylation is 1. The lowest BCUT2D eigenvalue weighted by Crippen LogP contribution is -2.23. The summed E-state index contributed by atoms with van der Waals surface area (Å²) in [6.07, 6.45) is 0. The maximum Gasteiger partial charge on any atom is 0.131 e. The van der Waals surface area contributed by atoms with Crippen molar-refractivity contribution in [3.05, 3.63) is 55.7 Å². The van der Waals surface area contributed by atoms with Crippen molar-refractivity contribution in [3.8, 4) is 0 Å². The van der Waals surface area contributed by atoms with Crippen molar-refractivity contribution in [3.63, 3.8) is 0 Å². The number of hydrogen-bond donors (Lipinski definition) is 1. The first-order valence-electron chi connectivity index (χ1n) is 5.97. The molecule has 0 aliphatic carbocycles. The fourth-order valence-corrected chi connectivity index (χ4v) is 3.62. The summed E-state index contributed by atoms with van der Waals surface area (Å²) in [6, 6.07) is 5.46. The minimum Gasteiger partial charge on any atom is -0.306 e. The zero-order chi connectivity index (χ0) is 14.0. The van der Waals surface area contributed by atoms with Crippen LogP contribution in [-0.4, -0.2) is 6.54 Å². The van der Waals surface area contributed by atoms with Gasteiger partial charge >= 0.3 is 0 Å². The lowest BCUT2D eigenvalue weighted by Gasteiger charge is -2.18. The Labute approximate surface area is 123 Å². The lowest BCUT2D eigenvalue weighted by molar-refractivity contribution is 0.513. The molecule has 0 spiro atoms. The highest BCUT2D eigenvalue weighted by molar-refractivity contribution is 9.11. The molecule has 19 heavy (non-hydrogen) atoms. The zero-order valence-electron chi connectivity index (χ0n) is 10.6. The molecule has 0 radical (unpaired) electrons. The van der Waals surface area contributed by atoms with Crippen LogP contribution in [0.2, 0.25) is 0 Å². The quantitative estimate of drug-likeness (QED) is 0.839. The summed E-state index contributed by atoms with van der Waals surface area (Å²) >= 11 is 4.94. The Bertz CT molecular complexity index is 543. The SMILES string of the molecule is CCNC(c1cc(C)c(Br)s1)c1c(F)cccc1F. The maximum absolute atomic E-state index is 13.9. The molecule has 5 heteroatoms. The molecule has 102 valence electrons. The van der Waals surface area contributed by atoms with Crippen LogP contribution in [0.3, 0.4) is 0 Å². The first-order chi connectivity index (χ1) is 9.04. The maximum atomic E-state index is 13.9. The third-order valence-corrected chi connectivity index (χ3v) is 5.06. The fourth-order valence-electron chi connectivity index (χ4n) is 1.96. The third-order valence-electron chi connectivity index (χ3n) is 2.86. The van der Waals surface area contributed by atoms with E-state index in [1.165, 1.54) is 29.5 Å². The van der Waals surface area contributed by atoms with E-state index in [0.29, 0.717) is 6.54 Å². The molecule has 1 nitrogen and oxygen atoms in total. The van der Waals surface area contributed by atoms with Crippen molar-refractivity contribution in [1.29, 1.82) is 0 Å². The van der Waals surface area contributed by atoms with Crippen LogP contribution in [0.4, 0.5) is 8.78 Å². The number of halogens is 3. The van der Waals surface area contributed by atoms with Crippen LogP contribution in [0.1, 0.15) is 29.0 Å². The Hall–Kier alpha value is -0.780. The van der Waals surface area contributed by atoms with Gasteiger partial charge in [-0.1, -0.05) is 13.0 Å². The van der Waals surface area contributed by atoms with E-state index in [4.69, 9.17) is 0 Å². The van der Waals surface area contributed by atoms with Crippen molar-refractivity contribution in [2.24, 2.45) is 0 Å². The van der Waals surface area contributed by atoms with E-state index in [2.05, 4.69) is 21.2 Å². The molecule has 0 saturated heterocycles. The molecule has 0 bridgehead atoms. The molecule has 1 atom stereocenters. The van der Waals surface area contributed by atoms with Gasteiger partial charge in [0.15, 0.2) is 0 Å². The van der Waals surface area contributed by atoms with Crippen LogP contribution in [0, 0.1) is 18.6 Å². The monoisotopic (exact) mass is 345 g/mol. The Kier molecular flexibility index (Phi) is 4.71. The van der Waals surface area contributed by atoms with E-state index < -0.39 is 17.7 Å². The molecule has 1 N–H and O–H groups in total. The van der Waals surface area contributed by atoms with Crippen molar-refractivity contribution in [2.75, 3.05) is 6.54 Å². The Morgan fingerprint density at radius 1 is 1.32 bits per heavy atom. The Morgan fingerprint density at radius 3 is 2.42 bits per heavy atom. The summed E-state index contributed by atoms with van der Waals surface area (Å²) in [4.78, 5) is 0.898. The number of rotatable bonds is 4. The lowest BCUT2D eigenvalue weighted by atomic mass is 10.0. The second-order valence-corrected chi connectivity index (χ2v) is 6.63. The number of nitrogens with one attached hydrogen (secondary N) is 1. The van der Waals surface area contributed by atoms with Crippen LogP contribution in [0.5, 0.6) is 0 Å². The normalized spacial score (nSPS) is 12.7. The topological polar surface area (TPSA) is 12.0 Å². The van der Waals surface area contributed by atoms with E-state index in [0.717, 1.165) is 14.2 Å². The summed E-state index contributed by atoms with van der Waals surface area (Å²) < 4.78 is 28.8. The van der Waals surface area contributed by atoms with Crippen molar-refractivity contribution in [1.82, 2.24) is 5.32 Å². The van der Waals surface area contributed by atoms with E-state index in [9.17, 15) is 8.78 Å². The Morgan fingerprint density at radius 2 is 1.95 bits per heavy atom. The van der Waals surface area contributed by atoms with Crippen LogP contribution < -0.4 is 5.32 Å². The first kappa shape index (κ1) is 14.6. The predicted molar refractivity (Wildman–Crippen MR) is 78.6 cm³/mol. The standard InChI is InChI=1S/C14H14BrF2NS/c1-3-18-13(11-7-8(2)14(15)19-11)12-9(16)5-4-6-10(12)17/h4-7,13,18H,3H2,1-2H3. The van der Waals surface area contributed by atoms with Gasteiger partial charge in [0, 0.05) is 10.4 Å². The van der Waals surface area contributed by atoms with E-state index in [1.54, 1.807) is 0 Å². The first-order valence-corrected chi connectivity index (χ1v) is 7.58. The molecule has 2 aromatic rings. The molecule has 1 aromatic carbocycles. The average Bonchev–Trinajstić information content (AvgIpc) is 2.68. The molecular weight excluding hydrogens is 332 g/mol. The van der Waals surface area contributed by atoms with Crippen LogP contribution in [0.15, 0.2) is 28.1 Å². The van der Waals surface area contributed by atoms with Gasteiger partial charge in [0.2, 0.25) is 0 Å². The predicted octanol–water partition coefficient (Wildman–Crippen LogP) is 4.80. The van der Waals surface area contributed by atoms with Gasteiger partial charge in [0.05, 0.1) is 9.83 Å². The molecule has 1 heterocycles. The van der Waals surface area contributed by atoms with Gasteiger partial charge in [0.25, 0.3) is 0 Å². The molecule has 0 aliphatic heterocycles. The summed E-state index contributed by atoms with van der Waals surface area (Å²) in [7, 11) is 0. The minimum absolute atomic E-state index is 0.0816. The van der Waals surface area contributed by atoms with Crippen molar-refractivity contribution >= 4 is 27.3 Å². The van der Waals surface area contributed by atoms with Gasteiger partial charge in [-0.2, -0.15) is 0 Å². The zero-order valence-corrected chi connectivity index (χ0v) is 13.0. The molecule has 1 aromatic heterocycles. The van der Waals surface area contributed by atoms with E-state index in [1.807, 2.05) is 19.9 Å². The van der Waals surface area contributed by atoms with E-state index in [-0.39, 0.29) is 5.56 Å². The van der Waals surface area contributed by atoms with Gasteiger partial charge in [0.1, 0.15) is 11.6 Å². The second kappa shape index (κ2) is 6.11. The van der Waals surface area contributed by atoms with Gasteiger partial charge < -0.3 is 5.32 Å². The summed E-state index contributed by atoms with van der Waals surface area (Å²) in [5, 5.41) is 3.15. The number of thiophene rings is 1. The molecule has 0 saturated carbocycles. The second-order valence-electron chi connectivity index (χ2n) is 4.23. The third kappa shape index (κ3) is 3.04. The molecular formula is C14H14BrF2NS. The van der Waals surface area contributed by atoms with Gasteiger partial charge in [-0.15, -0.1) is 11.3 Å². The smallest absolute Gasteiger partial charge is 0.131 e. The van der Waals surface area contributed by atoms with Crippen molar-refractivity contribution in [2.45, 2.75) is 19.9 Å². The van der Waals surface area contributed by atoms with Crippen LogP contribution in [0.25, 0.3) is 0 Å². The number of benzene rings is 1. The number of hydrogen-bond acceptors (Lipinski definition) is 2. The highest BCUT2D eigenvalue weighted by atomic mass is 79.9. The van der Waals surface area contributed by atoms with Crippen LogP contribution in [-0.2, 0) is 0 Å². The molecule has 2 rings (SSSR count). The van der Waals surface area contributed by atoms with Gasteiger partial charge in [-0.25, -0.2) is 8.78 Å². The van der Waals surface area contributed by atoms with E-state index >= 15 is 0 Å². The minimum atomic E-state index is -0.520.